The van der Waals surface area contributed by atoms with E-state index in [9.17, 15) is 4.79 Å². The first-order chi connectivity index (χ1) is 11.2. The Morgan fingerprint density at radius 2 is 2.26 bits per heavy atom. The van der Waals surface area contributed by atoms with Gasteiger partial charge in [0.1, 0.15) is 12.4 Å². The van der Waals surface area contributed by atoms with Crippen LogP contribution in [0, 0.1) is 0 Å². The Balaban J connectivity index is 1.61. The minimum Gasteiger partial charge on any atom is -0.492 e. The number of nitrogens with zero attached hydrogens (tertiary/aromatic N) is 2. The standard InChI is InChI=1S/C16H20ClN3O3/c1-2-4-14-19-16(23-20-14)8-7-15(21)18-9-10-22-13-6-3-5-12(17)11-13/h3,5-6,11H,2,4,7-10H2,1H3,(H,18,21). The Hall–Kier alpha value is -2.08. The van der Waals surface area contributed by atoms with Crippen molar-refractivity contribution in [1.82, 2.24) is 15.5 Å². The first kappa shape index (κ1) is 17.3. The average Bonchev–Trinajstić information content (AvgIpc) is 2.98. The van der Waals surface area contributed by atoms with E-state index >= 15 is 0 Å². The number of amides is 1. The largest absolute Gasteiger partial charge is 0.492 e. The minimum absolute atomic E-state index is 0.0741. The summed E-state index contributed by atoms with van der Waals surface area (Å²) in [7, 11) is 0. The highest BCUT2D eigenvalue weighted by molar-refractivity contribution is 6.30. The molecule has 1 heterocycles. The van der Waals surface area contributed by atoms with Crippen LogP contribution in [0.1, 0.15) is 31.5 Å². The molecular weight excluding hydrogens is 318 g/mol. The van der Waals surface area contributed by atoms with E-state index in [0.29, 0.717) is 48.5 Å². The van der Waals surface area contributed by atoms with Crippen LogP contribution in [0.15, 0.2) is 28.8 Å². The molecule has 1 aromatic carbocycles. The molecule has 2 rings (SSSR count). The van der Waals surface area contributed by atoms with Gasteiger partial charge in [0.15, 0.2) is 5.82 Å². The summed E-state index contributed by atoms with van der Waals surface area (Å²) in [4.78, 5) is 16.0. The Kier molecular flexibility index (Phi) is 6.87. The minimum atomic E-state index is -0.0741. The smallest absolute Gasteiger partial charge is 0.227 e. The van der Waals surface area contributed by atoms with Gasteiger partial charge in [0.2, 0.25) is 11.8 Å². The van der Waals surface area contributed by atoms with E-state index in [-0.39, 0.29) is 5.91 Å². The Morgan fingerprint density at radius 3 is 3.04 bits per heavy atom. The number of nitrogens with one attached hydrogen (secondary N) is 1. The number of rotatable bonds is 9. The monoisotopic (exact) mass is 337 g/mol. The van der Waals surface area contributed by atoms with Crippen LogP contribution in [0.2, 0.25) is 5.02 Å². The van der Waals surface area contributed by atoms with Crippen LogP contribution in [0.25, 0.3) is 0 Å². The number of aromatic nitrogens is 2. The SMILES string of the molecule is CCCc1noc(CCC(=O)NCCOc2cccc(Cl)c2)n1. The molecule has 7 heteroatoms. The highest BCUT2D eigenvalue weighted by atomic mass is 35.5. The molecular formula is C16H20ClN3O3. The summed E-state index contributed by atoms with van der Waals surface area (Å²) in [5.74, 6) is 1.80. The molecule has 0 unspecified atom stereocenters. The van der Waals surface area contributed by atoms with E-state index in [0.717, 1.165) is 12.8 Å². The van der Waals surface area contributed by atoms with E-state index in [1.165, 1.54) is 0 Å². The van der Waals surface area contributed by atoms with Crippen LogP contribution in [-0.2, 0) is 17.6 Å². The Morgan fingerprint density at radius 1 is 1.39 bits per heavy atom. The lowest BCUT2D eigenvalue weighted by atomic mass is 10.3. The number of halogens is 1. The second-order valence-corrected chi connectivity index (χ2v) is 5.45. The number of hydrogen-bond acceptors (Lipinski definition) is 5. The van der Waals surface area contributed by atoms with Crippen LogP contribution in [0.3, 0.4) is 0 Å². The van der Waals surface area contributed by atoms with E-state index < -0.39 is 0 Å². The van der Waals surface area contributed by atoms with E-state index in [2.05, 4.69) is 22.4 Å². The summed E-state index contributed by atoms with van der Waals surface area (Å²) in [5.41, 5.74) is 0. The van der Waals surface area contributed by atoms with Crippen molar-refractivity contribution in [1.29, 1.82) is 0 Å². The molecule has 0 atom stereocenters. The van der Waals surface area contributed by atoms with Gasteiger partial charge in [-0.15, -0.1) is 0 Å². The average molecular weight is 338 g/mol. The molecule has 0 saturated carbocycles. The van der Waals surface area contributed by atoms with Crippen LogP contribution in [0.4, 0.5) is 0 Å². The van der Waals surface area contributed by atoms with Gasteiger partial charge in [0, 0.05) is 24.3 Å². The molecule has 0 aliphatic carbocycles. The zero-order valence-corrected chi connectivity index (χ0v) is 13.8. The van der Waals surface area contributed by atoms with Crippen molar-refractivity contribution < 1.29 is 14.1 Å². The number of benzene rings is 1. The van der Waals surface area contributed by atoms with E-state index in [4.69, 9.17) is 20.9 Å². The molecule has 0 fully saturated rings. The first-order valence-corrected chi connectivity index (χ1v) is 8.01. The van der Waals surface area contributed by atoms with Crippen molar-refractivity contribution >= 4 is 17.5 Å². The van der Waals surface area contributed by atoms with Crippen molar-refractivity contribution in [2.45, 2.75) is 32.6 Å². The number of carbonyl (C=O) groups is 1. The lowest BCUT2D eigenvalue weighted by Gasteiger charge is -2.07. The Bertz CT molecular complexity index is 631. The predicted molar refractivity (Wildman–Crippen MR) is 86.6 cm³/mol. The van der Waals surface area contributed by atoms with Crippen LogP contribution in [0.5, 0.6) is 5.75 Å². The lowest BCUT2D eigenvalue weighted by molar-refractivity contribution is -0.121. The zero-order chi connectivity index (χ0) is 16.5. The lowest BCUT2D eigenvalue weighted by Crippen LogP contribution is -2.28. The second kappa shape index (κ2) is 9.15. The maximum atomic E-state index is 11.7. The molecule has 0 saturated heterocycles. The van der Waals surface area contributed by atoms with E-state index in [1.54, 1.807) is 12.1 Å². The van der Waals surface area contributed by atoms with Crippen molar-refractivity contribution in [3.8, 4) is 5.75 Å². The van der Waals surface area contributed by atoms with Gasteiger partial charge >= 0.3 is 0 Å². The normalized spacial score (nSPS) is 10.5. The summed E-state index contributed by atoms with van der Waals surface area (Å²) in [5, 5.41) is 7.25. The quantitative estimate of drug-likeness (QED) is 0.712. The maximum absolute atomic E-state index is 11.7. The van der Waals surface area contributed by atoms with Crippen LogP contribution < -0.4 is 10.1 Å². The number of carbonyl (C=O) groups excluding carboxylic acids is 1. The van der Waals surface area contributed by atoms with Crippen molar-refractivity contribution in [3.63, 3.8) is 0 Å². The molecule has 124 valence electrons. The van der Waals surface area contributed by atoms with E-state index in [1.807, 2.05) is 12.1 Å². The summed E-state index contributed by atoms with van der Waals surface area (Å²) in [6, 6.07) is 7.14. The zero-order valence-electron chi connectivity index (χ0n) is 13.0. The summed E-state index contributed by atoms with van der Waals surface area (Å²) < 4.78 is 10.6. The van der Waals surface area contributed by atoms with Gasteiger partial charge in [-0.2, -0.15) is 4.98 Å². The molecule has 6 nitrogen and oxygen atoms in total. The topological polar surface area (TPSA) is 77.2 Å². The molecule has 0 bridgehead atoms. The molecule has 0 spiro atoms. The van der Waals surface area contributed by atoms with Gasteiger partial charge in [0.05, 0.1) is 6.54 Å². The maximum Gasteiger partial charge on any atom is 0.227 e. The highest BCUT2D eigenvalue weighted by Gasteiger charge is 2.08. The first-order valence-electron chi connectivity index (χ1n) is 7.64. The molecule has 1 aromatic heterocycles. The summed E-state index contributed by atoms with van der Waals surface area (Å²) in [6.07, 6.45) is 2.51. The third-order valence-corrected chi connectivity index (χ3v) is 3.27. The van der Waals surface area contributed by atoms with Gasteiger partial charge in [-0.05, 0) is 24.6 Å². The number of hydrogen-bond donors (Lipinski definition) is 1. The van der Waals surface area contributed by atoms with Crippen LogP contribution >= 0.6 is 11.6 Å². The molecule has 0 radical (unpaired) electrons. The van der Waals surface area contributed by atoms with Crippen molar-refractivity contribution in [2.75, 3.05) is 13.2 Å². The molecule has 2 aromatic rings. The third-order valence-electron chi connectivity index (χ3n) is 3.04. The van der Waals surface area contributed by atoms with Gasteiger partial charge in [-0.3, -0.25) is 4.79 Å². The van der Waals surface area contributed by atoms with Crippen LogP contribution in [-0.4, -0.2) is 29.2 Å². The van der Waals surface area contributed by atoms with Crippen molar-refractivity contribution in [2.24, 2.45) is 0 Å². The van der Waals surface area contributed by atoms with Gasteiger partial charge in [-0.25, -0.2) is 0 Å². The molecule has 0 aliphatic heterocycles. The fourth-order valence-corrected chi connectivity index (χ4v) is 2.12. The molecule has 0 aliphatic rings. The van der Waals surface area contributed by atoms with Crippen molar-refractivity contribution in [3.05, 3.63) is 41.0 Å². The number of aryl methyl sites for hydroxylation is 2. The Labute approximate surface area is 140 Å². The van der Waals surface area contributed by atoms with Gasteiger partial charge in [0.25, 0.3) is 0 Å². The van der Waals surface area contributed by atoms with Gasteiger partial charge < -0.3 is 14.6 Å². The highest BCUT2D eigenvalue weighted by Crippen LogP contribution is 2.16. The third kappa shape index (κ3) is 6.28. The summed E-state index contributed by atoms with van der Waals surface area (Å²) in [6.45, 7) is 2.86. The molecule has 1 amide bonds. The molecule has 23 heavy (non-hydrogen) atoms. The fourth-order valence-electron chi connectivity index (χ4n) is 1.94. The molecule has 1 N–H and O–H groups in total. The fraction of sp³-hybridized carbons (Fsp3) is 0.438. The van der Waals surface area contributed by atoms with Gasteiger partial charge in [-0.1, -0.05) is 29.7 Å². The predicted octanol–water partition coefficient (Wildman–Crippen LogP) is 2.80. The number of ether oxygens (including phenoxy) is 1. The summed E-state index contributed by atoms with van der Waals surface area (Å²) >= 11 is 5.86. The second-order valence-electron chi connectivity index (χ2n) is 5.01.